The minimum absolute atomic E-state index is 0.0978. The molecule has 6 nitrogen and oxygen atoms in total. The maximum Gasteiger partial charge on any atom is 0.343 e. The summed E-state index contributed by atoms with van der Waals surface area (Å²) in [4.78, 5) is 24.2. The summed E-state index contributed by atoms with van der Waals surface area (Å²) in [6, 6.07) is 27.7. The van der Waals surface area contributed by atoms with E-state index in [2.05, 4.69) is 31.8 Å². The molecule has 2 N–H and O–H groups in total. The maximum atomic E-state index is 12.2. The highest BCUT2D eigenvalue weighted by atomic mass is 79.9. The number of carbonyl (C=O) groups is 2. The van der Waals surface area contributed by atoms with Gasteiger partial charge < -0.3 is 10.1 Å². The van der Waals surface area contributed by atoms with E-state index in [0.29, 0.717) is 11.3 Å². The van der Waals surface area contributed by atoms with E-state index in [4.69, 9.17) is 4.74 Å². The Hall–Kier alpha value is -3.97. The van der Waals surface area contributed by atoms with Crippen LogP contribution in [0.25, 0.3) is 10.8 Å². The van der Waals surface area contributed by atoms with Crippen LogP contribution in [-0.2, 0) is 4.79 Å². The highest BCUT2D eigenvalue weighted by Gasteiger charge is 2.08. The fourth-order valence-corrected chi connectivity index (χ4v) is 3.34. The Morgan fingerprint density at radius 3 is 2.36 bits per heavy atom. The van der Waals surface area contributed by atoms with E-state index in [0.717, 1.165) is 26.5 Å². The minimum atomic E-state index is -0.435. The van der Waals surface area contributed by atoms with Gasteiger partial charge >= 0.3 is 5.97 Å². The van der Waals surface area contributed by atoms with Crippen molar-refractivity contribution in [3.05, 3.63) is 107 Å². The van der Waals surface area contributed by atoms with Gasteiger partial charge in [-0.05, 0) is 77.0 Å². The van der Waals surface area contributed by atoms with Crippen LogP contribution in [-0.4, -0.2) is 24.6 Å². The Bertz CT molecular complexity index is 1300. The normalized spacial score (nSPS) is 10.8. The van der Waals surface area contributed by atoms with Crippen LogP contribution in [0.1, 0.15) is 15.9 Å². The number of esters is 1. The number of rotatable bonds is 7. The van der Waals surface area contributed by atoms with Crippen molar-refractivity contribution < 1.29 is 14.3 Å². The largest absolute Gasteiger partial charge is 0.423 e. The molecular formula is C26H20BrN3O3. The fourth-order valence-electron chi connectivity index (χ4n) is 3.07. The van der Waals surface area contributed by atoms with Crippen molar-refractivity contribution in [3.63, 3.8) is 0 Å². The number of carbonyl (C=O) groups excluding carboxylic acids is 2. The lowest BCUT2D eigenvalue weighted by Gasteiger charge is -2.07. The maximum absolute atomic E-state index is 12.2. The summed E-state index contributed by atoms with van der Waals surface area (Å²) in [6.45, 7) is 0.0978. The van der Waals surface area contributed by atoms with Crippen molar-refractivity contribution >= 4 is 50.5 Å². The van der Waals surface area contributed by atoms with Crippen LogP contribution < -0.4 is 15.5 Å². The summed E-state index contributed by atoms with van der Waals surface area (Å²) < 4.78 is 6.25. The molecular weight excluding hydrogens is 482 g/mol. The molecule has 4 aromatic carbocycles. The summed E-state index contributed by atoms with van der Waals surface area (Å²) >= 11 is 3.33. The van der Waals surface area contributed by atoms with Gasteiger partial charge in [0.15, 0.2) is 0 Å². The Morgan fingerprint density at radius 2 is 1.61 bits per heavy atom. The van der Waals surface area contributed by atoms with Gasteiger partial charge in [-0.1, -0.05) is 46.3 Å². The number of nitrogens with one attached hydrogen (secondary N) is 2. The summed E-state index contributed by atoms with van der Waals surface area (Å²) in [5.74, 6) is -0.279. The summed E-state index contributed by atoms with van der Waals surface area (Å²) in [5, 5.41) is 9.31. The SMILES string of the molecule is O=C(CNc1ccc2ccccc2c1)N/N=C\c1ccc(OC(=O)c2ccc(Br)cc2)cc1. The molecule has 0 aliphatic heterocycles. The molecule has 7 heteroatoms. The van der Waals surface area contributed by atoms with Gasteiger partial charge in [0.25, 0.3) is 5.91 Å². The van der Waals surface area contributed by atoms with Crippen LogP contribution in [0.2, 0.25) is 0 Å². The van der Waals surface area contributed by atoms with E-state index in [1.165, 1.54) is 6.21 Å². The average Bonchev–Trinajstić information content (AvgIpc) is 2.84. The number of hydrogen-bond donors (Lipinski definition) is 2. The third kappa shape index (κ3) is 6.27. The topological polar surface area (TPSA) is 79.8 Å². The Morgan fingerprint density at radius 1 is 0.879 bits per heavy atom. The second-order valence-corrected chi connectivity index (χ2v) is 8.09. The third-order valence-corrected chi connectivity index (χ3v) is 5.30. The molecule has 1 amide bonds. The second kappa shape index (κ2) is 10.6. The number of amides is 1. The van der Waals surface area contributed by atoms with Crippen molar-refractivity contribution in [1.29, 1.82) is 0 Å². The van der Waals surface area contributed by atoms with Gasteiger partial charge in [0, 0.05) is 10.2 Å². The van der Waals surface area contributed by atoms with Gasteiger partial charge in [-0.3, -0.25) is 4.79 Å². The standard InChI is InChI=1S/C26H20BrN3O3/c27-22-10-7-20(8-11-22)26(32)33-24-13-5-18(6-14-24)16-29-30-25(31)17-28-23-12-9-19-3-1-2-4-21(19)15-23/h1-16,28H,17H2,(H,30,31)/b29-16-. The molecule has 0 saturated heterocycles. The minimum Gasteiger partial charge on any atom is -0.423 e. The Labute approximate surface area is 199 Å². The Balaban J connectivity index is 1.25. The first kappa shape index (κ1) is 22.2. The molecule has 4 rings (SSSR count). The number of anilines is 1. The molecule has 0 bridgehead atoms. The number of nitrogens with zero attached hydrogens (tertiary/aromatic N) is 1. The predicted molar refractivity (Wildman–Crippen MR) is 134 cm³/mol. The van der Waals surface area contributed by atoms with E-state index < -0.39 is 5.97 Å². The first-order valence-electron chi connectivity index (χ1n) is 10.2. The van der Waals surface area contributed by atoms with Crippen LogP contribution in [0, 0.1) is 0 Å². The Kier molecular flexibility index (Phi) is 7.12. The molecule has 0 aliphatic carbocycles. The summed E-state index contributed by atoms with van der Waals surface area (Å²) in [6.07, 6.45) is 1.52. The van der Waals surface area contributed by atoms with Gasteiger partial charge in [0.05, 0.1) is 18.3 Å². The van der Waals surface area contributed by atoms with Crippen LogP contribution in [0.4, 0.5) is 5.69 Å². The molecule has 33 heavy (non-hydrogen) atoms. The van der Waals surface area contributed by atoms with Crippen molar-refractivity contribution in [3.8, 4) is 5.75 Å². The van der Waals surface area contributed by atoms with Crippen LogP contribution in [0.15, 0.2) is 101 Å². The predicted octanol–water partition coefficient (Wildman–Crippen LogP) is 5.38. The van der Waals surface area contributed by atoms with Gasteiger partial charge in [0.2, 0.25) is 0 Å². The highest BCUT2D eigenvalue weighted by Crippen LogP contribution is 2.18. The average molecular weight is 502 g/mol. The molecule has 0 aliphatic rings. The van der Waals surface area contributed by atoms with Crippen LogP contribution >= 0.6 is 15.9 Å². The molecule has 164 valence electrons. The number of halogens is 1. The van der Waals surface area contributed by atoms with E-state index in [-0.39, 0.29) is 12.5 Å². The van der Waals surface area contributed by atoms with Crippen molar-refractivity contribution in [1.82, 2.24) is 5.43 Å². The van der Waals surface area contributed by atoms with E-state index in [1.807, 2.05) is 42.5 Å². The number of ether oxygens (including phenoxy) is 1. The molecule has 4 aromatic rings. The summed E-state index contributed by atoms with van der Waals surface area (Å²) in [7, 11) is 0. The van der Waals surface area contributed by atoms with Gasteiger partial charge in [-0.25, -0.2) is 10.2 Å². The van der Waals surface area contributed by atoms with Crippen molar-refractivity contribution in [2.45, 2.75) is 0 Å². The first-order chi connectivity index (χ1) is 16.1. The van der Waals surface area contributed by atoms with E-state index in [9.17, 15) is 9.59 Å². The molecule has 0 aromatic heterocycles. The molecule has 0 radical (unpaired) electrons. The van der Waals surface area contributed by atoms with Crippen LogP contribution in [0.5, 0.6) is 5.75 Å². The number of hydrazone groups is 1. The molecule has 0 heterocycles. The van der Waals surface area contributed by atoms with Gasteiger partial charge in [-0.2, -0.15) is 5.10 Å². The zero-order valence-corrected chi connectivity index (χ0v) is 19.1. The highest BCUT2D eigenvalue weighted by molar-refractivity contribution is 9.10. The summed E-state index contributed by atoms with van der Waals surface area (Å²) in [5.41, 5.74) is 4.57. The van der Waals surface area contributed by atoms with Gasteiger partial charge in [-0.15, -0.1) is 0 Å². The molecule has 0 saturated carbocycles. The van der Waals surface area contributed by atoms with Crippen molar-refractivity contribution in [2.24, 2.45) is 5.10 Å². The lowest BCUT2D eigenvalue weighted by atomic mass is 10.1. The van der Waals surface area contributed by atoms with Gasteiger partial charge in [0.1, 0.15) is 5.75 Å². The van der Waals surface area contributed by atoms with Crippen molar-refractivity contribution in [2.75, 3.05) is 11.9 Å². The second-order valence-electron chi connectivity index (χ2n) is 7.17. The zero-order chi connectivity index (χ0) is 23.0. The van der Waals surface area contributed by atoms with E-state index in [1.54, 1.807) is 48.5 Å². The monoisotopic (exact) mass is 501 g/mol. The molecule has 0 spiro atoms. The number of fused-ring (bicyclic) bond motifs is 1. The lowest BCUT2D eigenvalue weighted by molar-refractivity contribution is -0.119. The smallest absolute Gasteiger partial charge is 0.343 e. The fraction of sp³-hybridized carbons (Fsp3) is 0.0385. The third-order valence-electron chi connectivity index (χ3n) is 4.78. The molecule has 0 unspecified atom stereocenters. The molecule has 0 fully saturated rings. The van der Waals surface area contributed by atoms with E-state index >= 15 is 0 Å². The zero-order valence-electron chi connectivity index (χ0n) is 17.5. The molecule has 0 atom stereocenters. The number of benzene rings is 4. The number of hydrogen-bond acceptors (Lipinski definition) is 5. The van der Waals surface area contributed by atoms with Crippen LogP contribution in [0.3, 0.4) is 0 Å². The first-order valence-corrected chi connectivity index (χ1v) is 11.0. The lowest BCUT2D eigenvalue weighted by Crippen LogP contribution is -2.25. The quantitative estimate of drug-likeness (QED) is 0.154.